The summed E-state index contributed by atoms with van der Waals surface area (Å²) in [5.74, 6) is 0.733. The fourth-order valence-corrected chi connectivity index (χ4v) is 3.13. The lowest BCUT2D eigenvalue weighted by Gasteiger charge is -2.15. The Hall–Kier alpha value is -0.300. The van der Waals surface area contributed by atoms with E-state index in [1.165, 1.54) is 0 Å². The number of aliphatic hydroxyl groups excluding tert-OH is 1. The van der Waals surface area contributed by atoms with Gasteiger partial charge in [-0.1, -0.05) is 17.7 Å². The van der Waals surface area contributed by atoms with Gasteiger partial charge in [0.05, 0.1) is 11.6 Å². The molecule has 100 valence electrons. The molecule has 2 aromatic rings. The third-order valence-corrected chi connectivity index (χ3v) is 4.58. The van der Waals surface area contributed by atoms with E-state index in [0.29, 0.717) is 5.02 Å². The SMILES string of the molecule is COc1ccc(C(O)c2cc(Cl)ccc2I)cc1Br. The van der Waals surface area contributed by atoms with Gasteiger partial charge in [-0.25, -0.2) is 0 Å². The number of rotatable bonds is 3. The van der Waals surface area contributed by atoms with Gasteiger partial charge in [-0.2, -0.15) is 0 Å². The van der Waals surface area contributed by atoms with Crippen LogP contribution < -0.4 is 4.74 Å². The summed E-state index contributed by atoms with van der Waals surface area (Å²) < 4.78 is 6.96. The van der Waals surface area contributed by atoms with E-state index in [0.717, 1.165) is 24.9 Å². The summed E-state index contributed by atoms with van der Waals surface area (Å²) in [7, 11) is 1.61. The van der Waals surface area contributed by atoms with Gasteiger partial charge in [0.25, 0.3) is 0 Å². The molecule has 0 aliphatic rings. The molecule has 0 aliphatic heterocycles. The minimum atomic E-state index is -0.715. The monoisotopic (exact) mass is 452 g/mol. The Kier molecular flexibility index (Phi) is 5.11. The molecule has 2 rings (SSSR count). The highest BCUT2D eigenvalue weighted by atomic mass is 127. The number of benzene rings is 2. The number of halogens is 3. The van der Waals surface area contributed by atoms with Gasteiger partial charge in [0.15, 0.2) is 0 Å². The van der Waals surface area contributed by atoms with Gasteiger partial charge in [0.2, 0.25) is 0 Å². The summed E-state index contributed by atoms with van der Waals surface area (Å²) >= 11 is 11.6. The van der Waals surface area contributed by atoms with Crippen molar-refractivity contribution < 1.29 is 9.84 Å². The Bertz CT molecular complexity index is 604. The summed E-state index contributed by atoms with van der Waals surface area (Å²) in [5.41, 5.74) is 1.58. The summed E-state index contributed by atoms with van der Waals surface area (Å²) in [5, 5.41) is 11.1. The van der Waals surface area contributed by atoms with Crippen molar-refractivity contribution in [1.82, 2.24) is 0 Å². The molecule has 0 saturated heterocycles. The predicted octanol–water partition coefficient (Wildman–Crippen LogP) is 4.80. The van der Waals surface area contributed by atoms with Crippen LogP contribution in [0, 0.1) is 3.57 Å². The molecule has 2 aromatic carbocycles. The predicted molar refractivity (Wildman–Crippen MR) is 88.9 cm³/mol. The Balaban J connectivity index is 2.41. The van der Waals surface area contributed by atoms with E-state index < -0.39 is 6.10 Å². The topological polar surface area (TPSA) is 29.5 Å². The van der Waals surface area contributed by atoms with Crippen molar-refractivity contribution in [3.8, 4) is 5.75 Å². The molecule has 1 N–H and O–H groups in total. The van der Waals surface area contributed by atoms with Crippen LogP contribution in [0.15, 0.2) is 40.9 Å². The van der Waals surface area contributed by atoms with Crippen molar-refractivity contribution in [2.24, 2.45) is 0 Å². The second-order valence-electron chi connectivity index (χ2n) is 3.96. The molecular weight excluding hydrogens is 442 g/mol. The maximum atomic E-state index is 10.5. The maximum Gasteiger partial charge on any atom is 0.133 e. The number of hydrogen-bond acceptors (Lipinski definition) is 2. The first-order valence-electron chi connectivity index (χ1n) is 5.49. The first-order valence-corrected chi connectivity index (χ1v) is 7.74. The van der Waals surface area contributed by atoms with Gasteiger partial charge in [-0.05, 0) is 80.0 Å². The minimum absolute atomic E-state index is 0.613. The highest BCUT2D eigenvalue weighted by molar-refractivity contribution is 14.1. The van der Waals surface area contributed by atoms with E-state index in [9.17, 15) is 5.11 Å². The molecule has 0 spiro atoms. The molecule has 0 heterocycles. The molecule has 1 atom stereocenters. The normalized spacial score (nSPS) is 12.3. The Morgan fingerprint density at radius 2 is 2.00 bits per heavy atom. The highest BCUT2D eigenvalue weighted by Crippen LogP contribution is 2.33. The molecule has 19 heavy (non-hydrogen) atoms. The largest absolute Gasteiger partial charge is 0.496 e. The van der Waals surface area contributed by atoms with Crippen molar-refractivity contribution >= 4 is 50.1 Å². The lowest BCUT2D eigenvalue weighted by atomic mass is 10.0. The van der Waals surface area contributed by atoms with Gasteiger partial charge in [0, 0.05) is 8.59 Å². The van der Waals surface area contributed by atoms with Crippen LogP contribution in [-0.2, 0) is 0 Å². The van der Waals surface area contributed by atoms with Crippen molar-refractivity contribution in [2.45, 2.75) is 6.10 Å². The fraction of sp³-hybridized carbons (Fsp3) is 0.143. The zero-order valence-electron chi connectivity index (χ0n) is 10.0. The van der Waals surface area contributed by atoms with Crippen LogP contribution in [0.1, 0.15) is 17.2 Å². The van der Waals surface area contributed by atoms with Gasteiger partial charge in [-0.15, -0.1) is 0 Å². The zero-order valence-corrected chi connectivity index (χ0v) is 14.5. The Morgan fingerprint density at radius 3 is 2.63 bits per heavy atom. The summed E-state index contributed by atoms with van der Waals surface area (Å²) in [4.78, 5) is 0. The number of ether oxygens (including phenoxy) is 1. The van der Waals surface area contributed by atoms with Crippen LogP contribution in [0.4, 0.5) is 0 Å². The maximum absolute atomic E-state index is 10.5. The molecule has 1 unspecified atom stereocenters. The zero-order chi connectivity index (χ0) is 14.0. The molecule has 0 fully saturated rings. The third-order valence-electron chi connectivity index (χ3n) is 2.74. The average Bonchev–Trinajstić information content (AvgIpc) is 2.40. The number of hydrogen-bond donors (Lipinski definition) is 1. The van der Waals surface area contributed by atoms with Crippen LogP contribution >= 0.6 is 50.1 Å². The van der Waals surface area contributed by atoms with E-state index in [1.54, 1.807) is 13.2 Å². The molecule has 0 aromatic heterocycles. The highest BCUT2D eigenvalue weighted by Gasteiger charge is 2.15. The van der Waals surface area contributed by atoms with Crippen LogP contribution in [0.3, 0.4) is 0 Å². The van der Waals surface area contributed by atoms with Crippen molar-refractivity contribution in [1.29, 1.82) is 0 Å². The minimum Gasteiger partial charge on any atom is -0.496 e. The quantitative estimate of drug-likeness (QED) is 0.677. The second-order valence-corrected chi connectivity index (χ2v) is 6.42. The molecule has 0 amide bonds. The average molecular weight is 454 g/mol. The van der Waals surface area contributed by atoms with Crippen molar-refractivity contribution in [2.75, 3.05) is 7.11 Å². The summed E-state index contributed by atoms with van der Waals surface area (Å²) in [6.45, 7) is 0. The fourth-order valence-electron chi connectivity index (χ4n) is 1.76. The van der Waals surface area contributed by atoms with E-state index >= 15 is 0 Å². The molecule has 2 nitrogen and oxygen atoms in total. The van der Waals surface area contributed by atoms with E-state index in [1.807, 2.05) is 30.3 Å². The Labute approximate surface area is 139 Å². The summed E-state index contributed by atoms with van der Waals surface area (Å²) in [6, 6.07) is 11.0. The smallest absolute Gasteiger partial charge is 0.133 e. The van der Waals surface area contributed by atoms with Gasteiger partial charge in [-0.3, -0.25) is 0 Å². The molecule has 0 bridgehead atoms. The first kappa shape index (κ1) is 15.1. The van der Waals surface area contributed by atoms with Crippen LogP contribution in [0.5, 0.6) is 5.75 Å². The Morgan fingerprint density at radius 1 is 1.26 bits per heavy atom. The van der Waals surface area contributed by atoms with E-state index in [2.05, 4.69) is 38.5 Å². The van der Waals surface area contributed by atoms with Crippen LogP contribution in [0.25, 0.3) is 0 Å². The van der Waals surface area contributed by atoms with Crippen LogP contribution in [0.2, 0.25) is 5.02 Å². The lowest BCUT2D eigenvalue weighted by molar-refractivity contribution is 0.219. The molecule has 5 heteroatoms. The standard InChI is InChI=1S/C14H11BrClIO2/c1-19-13-5-2-8(6-11(13)15)14(18)10-7-9(16)3-4-12(10)17/h2-7,14,18H,1H3. The van der Waals surface area contributed by atoms with Crippen LogP contribution in [-0.4, -0.2) is 12.2 Å². The first-order chi connectivity index (χ1) is 9.02. The molecular formula is C14H11BrClIO2. The van der Waals surface area contributed by atoms with Crippen molar-refractivity contribution in [3.63, 3.8) is 0 Å². The van der Waals surface area contributed by atoms with Gasteiger partial charge < -0.3 is 9.84 Å². The van der Waals surface area contributed by atoms with Crippen molar-refractivity contribution in [3.05, 3.63) is 60.6 Å². The van der Waals surface area contributed by atoms with Gasteiger partial charge >= 0.3 is 0 Å². The van der Waals surface area contributed by atoms with Gasteiger partial charge in [0.1, 0.15) is 11.9 Å². The lowest BCUT2D eigenvalue weighted by Crippen LogP contribution is -2.02. The molecule has 0 aliphatic carbocycles. The number of aliphatic hydroxyl groups is 1. The third kappa shape index (κ3) is 3.42. The molecule has 0 saturated carbocycles. The molecule has 0 radical (unpaired) electrons. The van der Waals surface area contributed by atoms with E-state index in [-0.39, 0.29) is 0 Å². The summed E-state index contributed by atoms with van der Waals surface area (Å²) in [6.07, 6.45) is -0.715. The number of methoxy groups -OCH3 is 1. The second kappa shape index (κ2) is 6.43. The van der Waals surface area contributed by atoms with E-state index in [4.69, 9.17) is 16.3 Å².